The molecule has 2 aliphatic rings. The van der Waals surface area contributed by atoms with Crippen molar-refractivity contribution in [3.05, 3.63) is 71.5 Å². The van der Waals surface area contributed by atoms with Crippen molar-refractivity contribution in [3.8, 4) is 0 Å². The number of aliphatic carboxylic acids is 1. The van der Waals surface area contributed by atoms with Crippen LogP contribution in [0.3, 0.4) is 0 Å². The molecule has 0 saturated heterocycles. The monoisotopic (exact) mass is 346 g/mol. The molecule has 4 heteroatoms. The number of nitrogens with zero attached hydrogens (tertiary/aromatic N) is 1. The molecule has 0 radical (unpaired) electrons. The summed E-state index contributed by atoms with van der Waals surface area (Å²) in [7, 11) is 0. The van der Waals surface area contributed by atoms with Crippen LogP contribution in [0.25, 0.3) is 16.6 Å². The molecule has 1 aliphatic carbocycles. The average Bonchev–Trinajstić information content (AvgIpc) is 3.03. The number of para-hydroxylation sites is 1. The molecule has 0 spiro atoms. The average molecular weight is 346 g/mol. The largest absolute Gasteiger partial charge is 0.478 e. The van der Waals surface area contributed by atoms with Crippen molar-refractivity contribution >= 4 is 22.6 Å². The zero-order chi connectivity index (χ0) is 18.3. The van der Waals surface area contributed by atoms with E-state index in [1.807, 2.05) is 12.2 Å². The zero-order valence-corrected chi connectivity index (χ0v) is 14.9. The van der Waals surface area contributed by atoms with E-state index < -0.39 is 5.97 Å². The van der Waals surface area contributed by atoms with Gasteiger partial charge in [-0.1, -0.05) is 55.5 Å². The summed E-state index contributed by atoms with van der Waals surface area (Å²) in [5, 5.41) is 13.9. The molecular weight excluding hydrogens is 324 g/mol. The lowest BCUT2D eigenvalue weighted by atomic mass is 9.85. The highest BCUT2D eigenvalue weighted by molar-refractivity contribution is 5.90. The van der Waals surface area contributed by atoms with E-state index in [0.29, 0.717) is 11.5 Å². The van der Waals surface area contributed by atoms with Crippen molar-refractivity contribution in [2.24, 2.45) is 11.8 Å². The van der Waals surface area contributed by atoms with Crippen LogP contribution in [0.4, 0.5) is 0 Å². The van der Waals surface area contributed by atoms with Crippen molar-refractivity contribution in [2.75, 3.05) is 0 Å². The summed E-state index contributed by atoms with van der Waals surface area (Å²) < 4.78 is 0. The van der Waals surface area contributed by atoms with Gasteiger partial charge in [0.25, 0.3) is 0 Å². The summed E-state index contributed by atoms with van der Waals surface area (Å²) in [4.78, 5) is 15.9. The van der Waals surface area contributed by atoms with E-state index in [1.54, 1.807) is 6.08 Å². The van der Waals surface area contributed by atoms with Crippen molar-refractivity contribution in [1.82, 2.24) is 10.3 Å². The van der Waals surface area contributed by atoms with Gasteiger partial charge in [-0.25, -0.2) is 9.78 Å². The fraction of sp³-hybridized carbons (Fsp3) is 0.273. The third-order valence-corrected chi connectivity index (χ3v) is 5.36. The molecule has 26 heavy (non-hydrogen) atoms. The Kier molecular flexibility index (Phi) is 4.11. The first kappa shape index (κ1) is 16.6. The molecule has 0 bridgehead atoms. The molecule has 0 amide bonds. The summed E-state index contributed by atoms with van der Waals surface area (Å²) >= 11 is 0. The summed E-state index contributed by atoms with van der Waals surface area (Å²) in [5.41, 5.74) is 4.62. The van der Waals surface area contributed by atoms with E-state index in [9.17, 15) is 4.79 Å². The third-order valence-electron chi connectivity index (χ3n) is 5.36. The summed E-state index contributed by atoms with van der Waals surface area (Å²) in [6.45, 7) is 4.28. The predicted octanol–water partition coefficient (Wildman–Crippen LogP) is 4.08. The van der Waals surface area contributed by atoms with E-state index in [-0.39, 0.29) is 12.0 Å². The van der Waals surface area contributed by atoms with Crippen molar-refractivity contribution in [2.45, 2.75) is 26.3 Å². The minimum absolute atomic E-state index is 0.252. The molecular formula is C22H22N2O2. The van der Waals surface area contributed by atoms with Crippen LogP contribution in [0.15, 0.2) is 60.2 Å². The predicted molar refractivity (Wildman–Crippen MR) is 104 cm³/mol. The van der Waals surface area contributed by atoms with Gasteiger partial charge in [-0.15, -0.1) is 0 Å². The molecule has 132 valence electrons. The molecule has 1 aromatic carbocycles. The summed E-state index contributed by atoms with van der Waals surface area (Å²) in [6, 6.07) is 10.7. The van der Waals surface area contributed by atoms with Crippen LogP contribution in [0.1, 0.15) is 24.6 Å². The minimum Gasteiger partial charge on any atom is -0.478 e. The van der Waals surface area contributed by atoms with Gasteiger partial charge in [0, 0.05) is 17.3 Å². The first-order chi connectivity index (χ1) is 12.5. The minimum atomic E-state index is -0.860. The number of hydrogen-bond donors (Lipinski definition) is 2. The van der Waals surface area contributed by atoms with Crippen molar-refractivity contribution in [3.63, 3.8) is 0 Å². The van der Waals surface area contributed by atoms with E-state index in [1.165, 1.54) is 5.56 Å². The highest BCUT2D eigenvalue weighted by atomic mass is 16.4. The van der Waals surface area contributed by atoms with Crippen LogP contribution in [0.2, 0.25) is 0 Å². The number of rotatable bonds is 3. The van der Waals surface area contributed by atoms with Gasteiger partial charge in [0.15, 0.2) is 0 Å². The summed E-state index contributed by atoms with van der Waals surface area (Å²) in [5.74, 6) is -0.223. The Labute approximate surface area is 153 Å². The molecule has 0 fully saturated rings. The third kappa shape index (κ3) is 2.92. The smallest absolute Gasteiger partial charge is 0.335 e. The molecule has 2 aromatic rings. The maximum absolute atomic E-state index is 11.1. The number of hydrogen-bond acceptors (Lipinski definition) is 3. The molecule has 0 saturated carbocycles. The van der Waals surface area contributed by atoms with Crippen LogP contribution in [0.5, 0.6) is 0 Å². The second-order valence-electron chi connectivity index (χ2n) is 7.18. The van der Waals surface area contributed by atoms with Gasteiger partial charge in [0.05, 0.1) is 22.5 Å². The number of allylic oxidation sites excluding steroid dienone is 1. The molecule has 4 nitrogen and oxygen atoms in total. The number of pyridine rings is 1. The number of carbonyl (C=O) groups is 1. The molecule has 1 aromatic heterocycles. The second-order valence-corrected chi connectivity index (χ2v) is 7.18. The number of aryl methyl sites for hydroxylation is 1. The summed E-state index contributed by atoms with van der Waals surface area (Å²) in [6.07, 6.45) is 8.54. The first-order valence-electron chi connectivity index (χ1n) is 8.99. The van der Waals surface area contributed by atoms with Crippen LogP contribution in [-0.2, 0) is 4.79 Å². The number of carboxylic acid groups (broad SMARTS) is 1. The zero-order valence-electron chi connectivity index (χ0n) is 14.9. The number of nitrogens with one attached hydrogen (secondary N) is 1. The fourth-order valence-corrected chi connectivity index (χ4v) is 3.89. The SMILES string of the molecule is Cc1cccc2ccc(C3=CC(C)C(C4C=CC(C(=O)O)=CC4)N3)nc12. The topological polar surface area (TPSA) is 62.2 Å². The molecule has 3 atom stereocenters. The number of carboxylic acids is 1. The molecule has 4 rings (SSSR count). The normalized spacial score (nSPS) is 24.9. The first-order valence-corrected chi connectivity index (χ1v) is 8.99. The molecule has 2 heterocycles. The van der Waals surface area contributed by atoms with Crippen LogP contribution in [0, 0.1) is 18.8 Å². The van der Waals surface area contributed by atoms with E-state index in [0.717, 1.165) is 28.7 Å². The van der Waals surface area contributed by atoms with Crippen LogP contribution >= 0.6 is 0 Å². The lowest BCUT2D eigenvalue weighted by Gasteiger charge is -2.26. The highest BCUT2D eigenvalue weighted by Gasteiger charge is 2.31. The van der Waals surface area contributed by atoms with E-state index >= 15 is 0 Å². The van der Waals surface area contributed by atoms with E-state index in [2.05, 4.69) is 55.6 Å². The van der Waals surface area contributed by atoms with Gasteiger partial charge in [-0.2, -0.15) is 0 Å². The maximum Gasteiger partial charge on any atom is 0.335 e. The highest BCUT2D eigenvalue weighted by Crippen LogP contribution is 2.32. The van der Waals surface area contributed by atoms with Gasteiger partial charge < -0.3 is 10.4 Å². The second kappa shape index (κ2) is 6.45. The van der Waals surface area contributed by atoms with E-state index in [4.69, 9.17) is 10.1 Å². The van der Waals surface area contributed by atoms with Crippen molar-refractivity contribution < 1.29 is 9.90 Å². The Morgan fingerprint density at radius 3 is 2.85 bits per heavy atom. The maximum atomic E-state index is 11.1. The van der Waals surface area contributed by atoms with Crippen molar-refractivity contribution in [1.29, 1.82) is 0 Å². The van der Waals surface area contributed by atoms with Gasteiger partial charge in [0.1, 0.15) is 0 Å². The lowest BCUT2D eigenvalue weighted by molar-refractivity contribution is -0.132. The number of aromatic nitrogens is 1. The quantitative estimate of drug-likeness (QED) is 0.879. The number of fused-ring (bicyclic) bond motifs is 1. The molecule has 1 aliphatic heterocycles. The Balaban J connectivity index is 1.56. The number of benzene rings is 1. The molecule has 2 N–H and O–H groups in total. The van der Waals surface area contributed by atoms with Gasteiger partial charge in [-0.05, 0) is 30.9 Å². The Morgan fingerprint density at radius 2 is 2.12 bits per heavy atom. The van der Waals surface area contributed by atoms with Gasteiger partial charge in [-0.3, -0.25) is 0 Å². The van der Waals surface area contributed by atoms with Gasteiger partial charge >= 0.3 is 5.97 Å². The standard InChI is InChI=1S/C22H22N2O2/c1-13-4-3-5-15-10-11-18(23-20(13)15)19-12-14(2)21(24-19)16-6-8-17(9-7-16)22(25)26/h3-6,8-12,14,16,21,24H,7H2,1-2H3,(H,25,26). The lowest BCUT2D eigenvalue weighted by Crippen LogP contribution is -2.35. The van der Waals surface area contributed by atoms with Gasteiger partial charge in [0.2, 0.25) is 0 Å². The van der Waals surface area contributed by atoms with Crippen LogP contribution < -0.4 is 5.32 Å². The fourth-order valence-electron chi connectivity index (χ4n) is 3.89. The van der Waals surface area contributed by atoms with Crippen LogP contribution in [-0.4, -0.2) is 22.1 Å². The Morgan fingerprint density at radius 1 is 1.27 bits per heavy atom. The Bertz CT molecular complexity index is 971. The Hall–Kier alpha value is -2.88. The molecule has 3 unspecified atom stereocenters.